The molecule has 1 aliphatic rings. The van der Waals surface area contributed by atoms with Crippen LogP contribution in [0.2, 0.25) is 0 Å². The average Bonchev–Trinajstić information content (AvgIpc) is 3.16. The van der Waals surface area contributed by atoms with E-state index >= 15 is 4.39 Å². The van der Waals surface area contributed by atoms with Gasteiger partial charge in [0.05, 0.1) is 16.5 Å². The second-order valence-corrected chi connectivity index (χ2v) is 8.73. The van der Waals surface area contributed by atoms with Crippen molar-refractivity contribution >= 4 is 16.9 Å². The van der Waals surface area contributed by atoms with Gasteiger partial charge in [-0.1, -0.05) is 6.07 Å². The van der Waals surface area contributed by atoms with Crippen molar-refractivity contribution in [2.75, 3.05) is 13.2 Å². The van der Waals surface area contributed by atoms with E-state index in [1.54, 1.807) is 23.6 Å². The number of carbonyl (C=O) groups is 1. The number of hydrogen-bond acceptors (Lipinski definition) is 3. The molecule has 4 aromatic rings. The van der Waals surface area contributed by atoms with Gasteiger partial charge >= 0.3 is 5.97 Å². The zero-order valence-corrected chi connectivity index (χ0v) is 18.8. The predicted octanol–water partition coefficient (Wildman–Crippen LogP) is 6.32. The normalized spacial score (nSPS) is 14.5. The number of nitrogens with zero attached hydrogens (tertiary/aromatic N) is 1. The van der Waals surface area contributed by atoms with Gasteiger partial charge in [0.2, 0.25) is 0 Å². The lowest BCUT2D eigenvalue weighted by atomic mass is 9.89. The van der Waals surface area contributed by atoms with E-state index in [1.807, 2.05) is 0 Å². The smallest absolute Gasteiger partial charge is 0.335 e. The zero-order chi connectivity index (χ0) is 24.9. The molecule has 2 heterocycles. The number of rotatable bonds is 4. The standard InChI is InChI=1S/C27H22F3NO4/c1-14-10-18(3-5-20(14)29)31-22-12-17(28)13-23(32)25(22)24(26(31)15-6-8-35-9-7-15)19-4-2-16(27(33)34)11-21(19)30/h2-5,10-13,15,32H,6-9H2,1H3,(H,33,34). The highest BCUT2D eigenvalue weighted by Gasteiger charge is 2.31. The maximum absolute atomic E-state index is 15.4. The molecule has 3 aromatic carbocycles. The van der Waals surface area contributed by atoms with Crippen molar-refractivity contribution < 1.29 is 32.9 Å². The lowest BCUT2D eigenvalue weighted by Gasteiger charge is -2.26. The van der Waals surface area contributed by atoms with Gasteiger partial charge in [-0.2, -0.15) is 0 Å². The Morgan fingerprint density at radius 3 is 2.40 bits per heavy atom. The molecule has 8 heteroatoms. The molecule has 35 heavy (non-hydrogen) atoms. The van der Waals surface area contributed by atoms with Gasteiger partial charge < -0.3 is 19.5 Å². The number of carboxylic acid groups (broad SMARTS) is 1. The minimum Gasteiger partial charge on any atom is -0.507 e. The molecule has 0 aliphatic carbocycles. The van der Waals surface area contributed by atoms with E-state index in [4.69, 9.17) is 4.74 Å². The number of aromatic hydroxyl groups is 1. The lowest BCUT2D eigenvalue weighted by Crippen LogP contribution is -2.17. The number of phenols is 1. The number of hydrogen-bond donors (Lipinski definition) is 2. The summed E-state index contributed by atoms with van der Waals surface area (Å²) in [5.74, 6) is -3.65. The number of carboxylic acids is 1. The Labute approximate surface area is 199 Å². The van der Waals surface area contributed by atoms with Gasteiger partial charge in [-0.3, -0.25) is 0 Å². The number of aryl methyl sites for hydroxylation is 1. The van der Waals surface area contributed by atoms with Crippen molar-refractivity contribution in [1.29, 1.82) is 0 Å². The van der Waals surface area contributed by atoms with Crippen molar-refractivity contribution in [3.05, 3.63) is 82.8 Å². The van der Waals surface area contributed by atoms with E-state index in [0.717, 1.165) is 12.1 Å². The van der Waals surface area contributed by atoms with Gasteiger partial charge in [0.15, 0.2) is 0 Å². The number of ether oxygens (including phenoxy) is 1. The molecule has 5 nitrogen and oxygen atoms in total. The number of benzene rings is 3. The maximum Gasteiger partial charge on any atom is 0.335 e. The molecule has 5 rings (SSSR count). The van der Waals surface area contributed by atoms with Gasteiger partial charge in [0.25, 0.3) is 0 Å². The van der Waals surface area contributed by atoms with E-state index in [1.165, 1.54) is 24.3 Å². The van der Waals surface area contributed by atoms with Crippen LogP contribution in [0, 0.1) is 24.4 Å². The van der Waals surface area contributed by atoms with Crippen molar-refractivity contribution in [3.8, 4) is 22.6 Å². The van der Waals surface area contributed by atoms with Crippen LogP contribution < -0.4 is 0 Å². The third kappa shape index (κ3) is 3.93. The quantitative estimate of drug-likeness (QED) is 0.358. The zero-order valence-electron chi connectivity index (χ0n) is 18.8. The third-order valence-electron chi connectivity index (χ3n) is 6.54. The molecular formula is C27H22F3NO4. The molecular weight excluding hydrogens is 459 g/mol. The summed E-state index contributed by atoms with van der Waals surface area (Å²) < 4.78 is 51.3. The minimum atomic E-state index is -1.27. The van der Waals surface area contributed by atoms with Gasteiger partial charge in [-0.05, 0) is 61.7 Å². The number of aromatic nitrogens is 1. The van der Waals surface area contributed by atoms with Gasteiger partial charge in [-0.15, -0.1) is 0 Å². The fraction of sp³-hybridized carbons (Fsp3) is 0.222. The second-order valence-electron chi connectivity index (χ2n) is 8.73. The van der Waals surface area contributed by atoms with Crippen LogP contribution in [0.3, 0.4) is 0 Å². The molecule has 2 N–H and O–H groups in total. The van der Waals surface area contributed by atoms with E-state index < -0.39 is 23.4 Å². The molecule has 1 saturated heterocycles. The van der Waals surface area contributed by atoms with Crippen LogP contribution in [0.5, 0.6) is 5.75 Å². The number of phenolic OH excluding ortho intramolecular Hbond substituents is 1. The Bertz CT molecular complexity index is 1470. The molecule has 1 aromatic heterocycles. The summed E-state index contributed by atoms with van der Waals surface area (Å²) in [5, 5.41) is 20.4. The number of fused-ring (bicyclic) bond motifs is 1. The van der Waals surface area contributed by atoms with Crippen LogP contribution in [-0.4, -0.2) is 34.0 Å². The van der Waals surface area contributed by atoms with Crippen molar-refractivity contribution in [3.63, 3.8) is 0 Å². The first-order chi connectivity index (χ1) is 16.8. The molecule has 0 spiro atoms. The largest absolute Gasteiger partial charge is 0.507 e. The fourth-order valence-corrected chi connectivity index (χ4v) is 4.91. The van der Waals surface area contributed by atoms with E-state index in [9.17, 15) is 23.8 Å². The van der Waals surface area contributed by atoms with Gasteiger partial charge in [-0.25, -0.2) is 18.0 Å². The van der Waals surface area contributed by atoms with Crippen molar-refractivity contribution in [2.45, 2.75) is 25.7 Å². The van der Waals surface area contributed by atoms with Crippen LogP contribution >= 0.6 is 0 Å². The third-order valence-corrected chi connectivity index (χ3v) is 6.54. The lowest BCUT2D eigenvalue weighted by molar-refractivity contribution is 0.0696. The Morgan fingerprint density at radius 1 is 1.00 bits per heavy atom. The molecule has 0 bridgehead atoms. The number of halogens is 3. The molecule has 0 unspecified atom stereocenters. The summed E-state index contributed by atoms with van der Waals surface area (Å²) in [5.41, 5.74) is 2.05. The first-order valence-corrected chi connectivity index (χ1v) is 11.2. The highest BCUT2D eigenvalue weighted by Crippen LogP contribution is 2.47. The summed E-state index contributed by atoms with van der Waals surface area (Å²) in [7, 11) is 0. The van der Waals surface area contributed by atoms with Gasteiger partial charge in [0, 0.05) is 47.7 Å². The van der Waals surface area contributed by atoms with E-state index in [-0.39, 0.29) is 28.2 Å². The molecule has 1 fully saturated rings. The minimum absolute atomic E-state index is 0.0842. The summed E-state index contributed by atoms with van der Waals surface area (Å²) in [4.78, 5) is 11.4. The van der Waals surface area contributed by atoms with Crippen LogP contribution in [0.15, 0.2) is 48.5 Å². The molecule has 0 atom stereocenters. The summed E-state index contributed by atoms with van der Waals surface area (Å²) >= 11 is 0. The molecule has 0 radical (unpaired) electrons. The molecule has 0 amide bonds. The summed E-state index contributed by atoms with van der Waals surface area (Å²) in [6.45, 7) is 2.55. The monoisotopic (exact) mass is 481 g/mol. The summed E-state index contributed by atoms with van der Waals surface area (Å²) in [6.07, 6.45) is 1.20. The Kier molecular flexibility index (Phi) is 5.76. The van der Waals surface area contributed by atoms with Gasteiger partial charge in [0.1, 0.15) is 23.2 Å². The van der Waals surface area contributed by atoms with E-state index in [0.29, 0.717) is 54.1 Å². The summed E-state index contributed by atoms with van der Waals surface area (Å²) in [6, 6.07) is 10.3. The van der Waals surface area contributed by atoms with Crippen molar-refractivity contribution in [1.82, 2.24) is 4.57 Å². The highest BCUT2D eigenvalue weighted by molar-refractivity contribution is 6.04. The Hall–Kier alpha value is -3.78. The second kappa shape index (κ2) is 8.78. The Morgan fingerprint density at radius 2 is 1.74 bits per heavy atom. The first kappa shape index (κ1) is 23.0. The van der Waals surface area contributed by atoms with Crippen LogP contribution in [0.1, 0.15) is 40.4 Å². The molecule has 0 saturated carbocycles. The van der Waals surface area contributed by atoms with Crippen LogP contribution in [-0.2, 0) is 4.74 Å². The Balaban J connectivity index is 1.92. The molecule has 1 aliphatic heterocycles. The SMILES string of the molecule is Cc1cc(-n2c(C3CCOCC3)c(-c3ccc(C(=O)O)cc3F)c3c(O)cc(F)cc32)ccc1F. The molecule has 180 valence electrons. The first-order valence-electron chi connectivity index (χ1n) is 11.2. The maximum atomic E-state index is 15.4. The fourth-order valence-electron chi connectivity index (χ4n) is 4.91. The van der Waals surface area contributed by atoms with Crippen molar-refractivity contribution in [2.24, 2.45) is 0 Å². The average molecular weight is 481 g/mol. The highest BCUT2D eigenvalue weighted by atomic mass is 19.1. The van der Waals surface area contributed by atoms with Crippen LogP contribution in [0.4, 0.5) is 13.2 Å². The number of aromatic carboxylic acids is 1. The van der Waals surface area contributed by atoms with E-state index in [2.05, 4.69) is 0 Å². The predicted molar refractivity (Wildman–Crippen MR) is 125 cm³/mol. The topological polar surface area (TPSA) is 71.7 Å². The van der Waals surface area contributed by atoms with Crippen LogP contribution in [0.25, 0.3) is 27.7 Å².